The Morgan fingerprint density at radius 3 is 2.32 bits per heavy atom. The first kappa shape index (κ1) is 29.8. The van der Waals surface area contributed by atoms with Gasteiger partial charge in [-0.15, -0.1) is 0 Å². The lowest BCUT2D eigenvalue weighted by molar-refractivity contribution is -0.132. The monoisotopic (exact) mass is 578 g/mol. The van der Waals surface area contributed by atoms with Crippen molar-refractivity contribution in [1.82, 2.24) is 4.98 Å². The van der Waals surface area contributed by atoms with Crippen LogP contribution in [0, 0.1) is 13.8 Å². The zero-order chi connectivity index (χ0) is 29.7. The molecule has 41 heavy (non-hydrogen) atoms. The minimum absolute atomic E-state index is 0.0793. The number of anilines is 1. The second kappa shape index (κ2) is 13.0. The SMILES string of the molecule is CCCOc1ccc(C2/C(=C(/O)c3ccc(OCCC)c(C)c3)C(=O)C(=O)N2c2nc(C)c(C(=O)OCC)s2)cc1. The van der Waals surface area contributed by atoms with Gasteiger partial charge in [-0.2, -0.15) is 0 Å². The first-order valence-corrected chi connectivity index (χ1v) is 14.4. The van der Waals surface area contributed by atoms with Crippen molar-refractivity contribution in [3.63, 3.8) is 0 Å². The molecule has 0 radical (unpaired) electrons. The zero-order valence-electron chi connectivity index (χ0n) is 23.9. The van der Waals surface area contributed by atoms with E-state index < -0.39 is 23.7 Å². The molecule has 1 saturated heterocycles. The second-order valence-electron chi connectivity index (χ2n) is 9.55. The average molecular weight is 579 g/mol. The van der Waals surface area contributed by atoms with E-state index in [2.05, 4.69) is 4.98 Å². The van der Waals surface area contributed by atoms with Crippen molar-refractivity contribution in [3.05, 3.63) is 75.3 Å². The Bertz CT molecular complexity index is 1480. The van der Waals surface area contributed by atoms with Crippen LogP contribution < -0.4 is 14.4 Å². The maximum Gasteiger partial charge on any atom is 0.350 e. The number of ether oxygens (including phenoxy) is 3. The minimum atomic E-state index is -0.993. The number of aliphatic hydroxyl groups is 1. The van der Waals surface area contributed by atoms with Gasteiger partial charge >= 0.3 is 11.9 Å². The Morgan fingerprint density at radius 1 is 1.00 bits per heavy atom. The molecule has 1 fully saturated rings. The highest BCUT2D eigenvalue weighted by atomic mass is 32.1. The summed E-state index contributed by atoms with van der Waals surface area (Å²) >= 11 is 0.967. The number of Topliss-reactive ketones (excluding diaryl/α,β-unsaturated/α-hetero) is 1. The minimum Gasteiger partial charge on any atom is -0.507 e. The van der Waals surface area contributed by atoms with E-state index in [-0.39, 0.29) is 27.9 Å². The Kier molecular flexibility index (Phi) is 9.44. The average Bonchev–Trinajstić information content (AvgIpc) is 3.47. The van der Waals surface area contributed by atoms with Crippen LogP contribution in [0.2, 0.25) is 0 Å². The molecule has 0 aliphatic carbocycles. The third-order valence-electron chi connectivity index (χ3n) is 6.48. The van der Waals surface area contributed by atoms with Gasteiger partial charge in [0.2, 0.25) is 0 Å². The number of benzene rings is 2. The van der Waals surface area contributed by atoms with Crippen molar-refractivity contribution in [1.29, 1.82) is 0 Å². The molecule has 0 saturated carbocycles. The van der Waals surface area contributed by atoms with E-state index in [1.54, 1.807) is 56.3 Å². The molecule has 1 unspecified atom stereocenters. The number of amides is 1. The van der Waals surface area contributed by atoms with Crippen molar-refractivity contribution in [2.24, 2.45) is 0 Å². The van der Waals surface area contributed by atoms with E-state index >= 15 is 0 Å². The summed E-state index contributed by atoms with van der Waals surface area (Å²) in [7, 11) is 0. The number of thiazole rings is 1. The number of hydrogen-bond acceptors (Lipinski definition) is 9. The molecule has 1 aliphatic heterocycles. The van der Waals surface area contributed by atoms with Crippen LogP contribution in [-0.4, -0.2) is 47.6 Å². The van der Waals surface area contributed by atoms with Crippen LogP contribution in [-0.2, 0) is 14.3 Å². The van der Waals surface area contributed by atoms with Crippen LogP contribution in [0.25, 0.3) is 5.76 Å². The lowest BCUT2D eigenvalue weighted by Gasteiger charge is -2.23. The number of esters is 1. The molecule has 2 heterocycles. The fourth-order valence-electron chi connectivity index (χ4n) is 4.51. The Balaban J connectivity index is 1.85. The molecule has 9 nitrogen and oxygen atoms in total. The van der Waals surface area contributed by atoms with Gasteiger partial charge in [0.15, 0.2) is 5.13 Å². The van der Waals surface area contributed by atoms with Gasteiger partial charge in [-0.3, -0.25) is 14.5 Å². The molecule has 1 aromatic heterocycles. The highest BCUT2D eigenvalue weighted by molar-refractivity contribution is 7.17. The fraction of sp³-hybridized carbons (Fsp3) is 0.355. The van der Waals surface area contributed by atoms with Crippen LogP contribution in [0.1, 0.15) is 71.7 Å². The Labute approximate surface area is 243 Å². The van der Waals surface area contributed by atoms with Gasteiger partial charge < -0.3 is 19.3 Å². The smallest absolute Gasteiger partial charge is 0.350 e. The van der Waals surface area contributed by atoms with Gasteiger partial charge in [0.05, 0.1) is 37.1 Å². The summed E-state index contributed by atoms with van der Waals surface area (Å²) in [6.07, 6.45) is 1.69. The number of ketones is 1. The van der Waals surface area contributed by atoms with E-state index in [1.807, 2.05) is 20.8 Å². The third-order valence-corrected chi connectivity index (χ3v) is 7.61. The van der Waals surface area contributed by atoms with Gasteiger partial charge in [-0.1, -0.05) is 37.3 Å². The molecule has 10 heteroatoms. The molecule has 3 aromatic rings. The van der Waals surface area contributed by atoms with E-state index in [1.165, 1.54) is 4.90 Å². The number of aromatic nitrogens is 1. The van der Waals surface area contributed by atoms with Gasteiger partial charge in [0, 0.05) is 5.56 Å². The van der Waals surface area contributed by atoms with E-state index in [4.69, 9.17) is 14.2 Å². The van der Waals surface area contributed by atoms with Gasteiger partial charge in [-0.05, 0) is 75.1 Å². The molecule has 0 spiro atoms. The van der Waals surface area contributed by atoms with E-state index in [0.717, 1.165) is 29.7 Å². The van der Waals surface area contributed by atoms with Crippen molar-refractivity contribution in [3.8, 4) is 11.5 Å². The number of nitrogens with zero attached hydrogens (tertiary/aromatic N) is 2. The molecule has 1 atom stereocenters. The largest absolute Gasteiger partial charge is 0.507 e. The number of aryl methyl sites for hydroxylation is 2. The van der Waals surface area contributed by atoms with Crippen molar-refractivity contribution in [2.45, 2.75) is 53.5 Å². The van der Waals surface area contributed by atoms with Crippen LogP contribution in [0.5, 0.6) is 11.5 Å². The van der Waals surface area contributed by atoms with E-state index in [9.17, 15) is 19.5 Å². The van der Waals surface area contributed by atoms with Crippen LogP contribution >= 0.6 is 11.3 Å². The lowest BCUT2D eigenvalue weighted by atomic mass is 9.95. The van der Waals surface area contributed by atoms with Gasteiger partial charge in [0.25, 0.3) is 5.78 Å². The summed E-state index contributed by atoms with van der Waals surface area (Å²) in [6.45, 7) is 10.5. The predicted octanol–water partition coefficient (Wildman–Crippen LogP) is 6.14. The lowest BCUT2D eigenvalue weighted by Crippen LogP contribution is -2.29. The molecule has 1 aliphatic rings. The predicted molar refractivity (Wildman–Crippen MR) is 157 cm³/mol. The molecule has 216 valence electrons. The summed E-state index contributed by atoms with van der Waals surface area (Å²) in [6, 6.07) is 11.1. The van der Waals surface area contributed by atoms with Crippen LogP contribution in [0.15, 0.2) is 48.0 Å². The van der Waals surface area contributed by atoms with Crippen molar-refractivity contribution < 1.29 is 33.7 Å². The normalized spacial score (nSPS) is 16.2. The summed E-state index contributed by atoms with van der Waals surface area (Å²) < 4.78 is 16.6. The Morgan fingerprint density at radius 2 is 1.68 bits per heavy atom. The number of carbonyl (C=O) groups excluding carboxylic acids is 3. The topological polar surface area (TPSA) is 115 Å². The summed E-state index contributed by atoms with van der Waals surface area (Å²) in [5.74, 6) is -1.26. The van der Waals surface area contributed by atoms with Crippen molar-refractivity contribution >= 4 is 39.9 Å². The van der Waals surface area contributed by atoms with Crippen molar-refractivity contribution in [2.75, 3.05) is 24.7 Å². The maximum atomic E-state index is 13.5. The zero-order valence-corrected chi connectivity index (χ0v) is 24.7. The standard InChI is InChI=1S/C31H34N2O7S/c1-6-15-39-22-12-9-20(10-13-22)25-24(26(34)21-11-14-23(18(4)17-21)40-16-7-2)27(35)29(36)33(25)31-32-19(5)28(41-31)30(37)38-8-3/h9-14,17,25,34H,6-8,15-16H2,1-5H3/b26-24-. The molecular formula is C31H34N2O7S. The fourth-order valence-corrected chi connectivity index (χ4v) is 5.50. The number of hydrogen-bond donors (Lipinski definition) is 1. The molecule has 1 N–H and O–H groups in total. The highest BCUT2D eigenvalue weighted by Gasteiger charge is 2.48. The molecule has 0 bridgehead atoms. The molecule has 2 aromatic carbocycles. The second-order valence-corrected chi connectivity index (χ2v) is 10.5. The number of carbonyl (C=O) groups is 3. The third kappa shape index (κ3) is 6.12. The van der Waals surface area contributed by atoms with Gasteiger partial charge in [0.1, 0.15) is 22.1 Å². The van der Waals surface area contributed by atoms with Crippen LogP contribution in [0.4, 0.5) is 5.13 Å². The first-order chi connectivity index (χ1) is 19.7. The summed E-state index contributed by atoms with van der Waals surface area (Å²) in [5, 5.41) is 11.7. The van der Waals surface area contributed by atoms with Gasteiger partial charge in [-0.25, -0.2) is 9.78 Å². The molecular weight excluding hydrogens is 544 g/mol. The quantitative estimate of drug-likeness (QED) is 0.125. The van der Waals surface area contributed by atoms with Crippen LogP contribution in [0.3, 0.4) is 0 Å². The number of rotatable bonds is 11. The molecule has 1 amide bonds. The maximum absolute atomic E-state index is 13.5. The summed E-state index contributed by atoms with van der Waals surface area (Å²) in [5.41, 5.74) is 2.02. The Hall–Kier alpha value is -4.18. The van der Waals surface area contributed by atoms with E-state index in [0.29, 0.717) is 41.5 Å². The summed E-state index contributed by atoms with van der Waals surface area (Å²) in [4.78, 5) is 45.5. The number of aliphatic hydroxyl groups excluding tert-OH is 1. The first-order valence-electron chi connectivity index (χ1n) is 13.6. The molecule has 4 rings (SSSR count). The highest BCUT2D eigenvalue weighted by Crippen LogP contribution is 2.44.